The Labute approximate surface area is 99.7 Å². The largest absolute Gasteiger partial charge is 0.402 e. The van der Waals surface area contributed by atoms with Crippen LogP contribution in [0.25, 0.3) is 0 Å². The van der Waals surface area contributed by atoms with E-state index in [0.29, 0.717) is 10.9 Å². The van der Waals surface area contributed by atoms with Crippen LogP contribution in [-0.4, -0.2) is 11.5 Å². The number of nitrogens with two attached hydrogens (primary N) is 1. The van der Waals surface area contributed by atoms with Gasteiger partial charge in [0.05, 0.1) is 5.02 Å². The van der Waals surface area contributed by atoms with Crippen LogP contribution < -0.4 is 11.1 Å². The molecule has 1 aliphatic carbocycles. The number of nitrogens with zero attached hydrogens (tertiary/aromatic N) is 1. The van der Waals surface area contributed by atoms with E-state index in [4.69, 9.17) is 17.3 Å². The van der Waals surface area contributed by atoms with Gasteiger partial charge in [0.25, 0.3) is 0 Å². The van der Waals surface area contributed by atoms with Crippen molar-refractivity contribution in [3.63, 3.8) is 0 Å². The normalized spacial score (nSPS) is 30.7. The molecule has 3 N–H and O–H groups in total. The average molecular weight is 236 g/mol. The lowest BCUT2D eigenvalue weighted by atomic mass is 9.59. The van der Waals surface area contributed by atoms with Crippen molar-refractivity contribution >= 4 is 17.4 Å². The summed E-state index contributed by atoms with van der Waals surface area (Å²) < 4.78 is 0. The lowest BCUT2D eigenvalue weighted by Crippen LogP contribution is -2.44. The molecule has 0 bridgehead atoms. The van der Waals surface area contributed by atoms with Crippen LogP contribution >= 0.6 is 11.6 Å². The Morgan fingerprint density at radius 2 is 2.38 bits per heavy atom. The molecule has 3 nitrogen and oxygen atoms in total. The van der Waals surface area contributed by atoms with Gasteiger partial charge in [0.2, 0.25) is 0 Å². The van der Waals surface area contributed by atoms with Crippen molar-refractivity contribution < 1.29 is 0 Å². The van der Waals surface area contributed by atoms with E-state index in [1.165, 1.54) is 5.56 Å². The molecule has 0 aromatic carbocycles. The molecule has 1 fully saturated rings. The van der Waals surface area contributed by atoms with E-state index in [9.17, 15) is 0 Å². The second-order valence-corrected chi connectivity index (χ2v) is 5.30. The van der Waals surface area contributed by atoms with Gasteiger partial charge in [-0.2, -0.15) is 0 Å². The second kappa shape index (κ2) is 3.14. The summed E-state index contributed by atoms with van der Waals surface area (Å²) in [7, 11) is 0. The van der Waals surface area contributed by atoms with Crippen LogP contribution in [0.3, 0.4) is 0 Å². The maximum Gasteiger partial charge on any atom is 0.129 e. The van der Waals surface area contributed by atoms with Crippen LogP contribution in [0.15, 0.2) is 24.5 Å². The monoisotopic (exact) mass is 235 g/mol. The van der Waals surface area contributed by atoms with Crippen LogP contribution in [0, 0.1) is 5.92 Å². The third kappa shape index (κ3) is 1.24. The van der Waals surface area contributed by atoms with Gasteiger partial charge < -0.3 is 11.1 Å². The number of hydrogen-bond acceptors (Lipinski definition) is 3. The van der Waals surface area contributed by atoms with Crippen molar-refractivity contribution in [1.29, 1.82) is 0 Å². The van der Waals surface area contributed by atoms with Crippen molar-refractivity contribution in [3.8, 4) is 0 Å². The summed E-state index contributed by atoms with van der Waals surface area (Å²) in [6.45, 7) is 4.76. The Morgan fingerprint density at radius 3 is 3.06 bits per heavy atom. The minimum Gasteiger partial charge on any atom is -0.402 e. The van der Waals surface area contributed by atoms with Crippen molar-refractivity contribution in [2.75, 3.05) is 11.9 Å². The van der Waals surface area contributed by atoms with E-state index in [0.717, 1.165) is 30.9 Å². The fourth-order valence-corrected chi connectivity index (χ4v) is 3.00. The third-order valence-corrected chi connectivity index (χ3v) is 4.03. The van der Waals surface area contributed by atoms with E-state index >= 15 is 0 Å². The van der Waals surface area contributed by atoms with Gasteiger partial charge in [0.1, 0.15) is 5.82 Å². The molecule has 16 heavy (non-hydrogen) atoms. The maximum atomic E-state index is 6.00. The highest BCUT2D eigenvalue weighted by molar-refractivity contribution is 6.30. The summed E-state index contributed by atoms with van der Waals surface area (Å²) in [5.41, 5.74) is 7.98. The Morgan fingerprint density at radius 1 is 1.62 bits per heavy atom. The van der Waals surface area contributed by atoms with Crippen molar-refractivity contribution in [2.45, 2.75) is 18.3 Å². The van der Waals surface area contributed by atoms with Crippen LogP contribution in [-0.2, 0) is 5.41 Å². The molecule has 84 valence electrons. The molecule has 4 heteroatoms. The molecule has 0 unspecified atom stereocenters. The number of hydrogen-bond donors (Lipinski definition) is 2. The Kier molecular flexibility index (Phi) is 1.96. The molecular weight excluding hydrogens is 222 g/mol. The Balaban J connectivity index is 1.93. The van der Waals surface area contributed by atoms with Gasteiger partial charge in [0, 0.05) is 29.4 Å². The van der Waals surface area contributed by atoms with Gasteiger partial charge in [0.15, 0.2) is 0 Å². The number of halogens is 1. The number of rotatable bonds is 1. The fourth-order valence-electron chi connectivity index (χ4n) is 2.84. The summed E-state index contributed by atoms with van der Waals surface area (Å²) in [5.74, 6) is 1.43. The summed E-state index contributed by atoms with van der Waals surface area (Å²) in [6.07, 6.45) is 3.80. The van der Waals surface area contributed by atoms with E-state index in [1.54, 1.807) is 6.20 Å². The highest BCUT2D eigenvalue weighted by Gasteiger charge is 2.50. The minimum absolute atomic E-state index is 0.195. The molecule has 1 aromatic rings. The molecule has 2 heterocycles. The van der Waals surface area contributed by atoms with Gasteiger partial charge in [-0.15, -0.1) is 0 Å². The van der Waals surface area contributed by atoms with Gasteiger partial charge >= 0.3 is 0 Å². The fraction of sp³-hybridized carbons (Fsp3) is 0.417. The summed E-state index contributed by atoms with van der Waals surface area (Å²) in [4.78, 5) is 4.31. The molecule has 0 atom stereocenters. The summed E-state index contributed by atoms with van der Waals surface area (Å²) in [5, 5.41) is 4.04. The quantitative estimate of drug-likeness (QED) is 0.785. The SMILES string of the molecule is C=C(N)C1CC2(CNc3ncc(Cl)cc32)C1. The summed E-state index contributed by atoms with van der Waals surface area (Å²) >= 11 is 6.00. The number of fused-ring (bicyclic) bond motifs is 2. The number of anilines is 1. The zero-order valence-corrected chi connectivity index (χ0v) is 9.72. The van der Waals surface area contributed by atoms with Gasteiger partial charge in [-0.1, -0.05) is 18.2 Å². The van der Waals surface area contributed by atoms with E-state index in [1.807, 2.05) is 6.07 Å². The first-order valence-electron chi connectivity index (χ1n) is 5.45. The Bertz CT molecular complexity index is 463. The smallest absolute Gasteiger partial charge is 0.129 e. The molecule has 1 spiro atoms. The second-order valence-electron chi connectivity index (χ2n) is 4.86. The molecule has 0 saturated heterocycles. The number of aromatic nitrogens is 1. The van der Waals surface area contributed by atoms with Crippen LogP contribution in [0.1, 0.15) is 18.4 Å². The number of nitrogens with one attached hydrogen (secondary N) is 1. The third-order valence-electron chi connectivity index (χ3n) is 3.82. The molecule has 1 aromatic heterocycles. The van der Waals surface area contributed by atoms with E-state index in [2.05, 4.69) is 16.9 Å². The van der Waals surface area contributed by atoms with Gasteiger partial charge in [-0.3, -0.25) is 0 Å². The molecule has 3 rings (SSSR count). The lowest BCUT2D eigenvalue weighted by molar-refractivity contribution is 0.191. The first-order valence-corrected chi connectivity index (χ1v) is 5.83. The first-order chi connectivity index (χ1) is 7.61. The molecular formula is C12H14ClN3. The maximum absolute atomic E-state index is 6.00. The first kappa shape index (κ1) is 9.97. The molecule has 0 radical (unpaired) electrons. The van der Waals surface area contributed by atoms with Gasteiger partial charge in [-0.05, 0) is 24.8 Å². The van der Waals surface area contributed by atoms with E-state index < -0.39 is 0 Å². The molecule has 1 saturated carbocycles. The highest BCUT2D eigenvalue weighted by Crippen LogP contribution is 2.54. The topological polar surface area (TPSA) is 50.9 Å². The van der Waals surface area contributed by atoms with Crippen molar-refractivity contribution in [3.05, 3.63) is 35.1 Å². The average Bonchev–Trinajstić information content (AvgIpc) is 2.53. The molecule has 0 amide bonds. The predicted octanol–water partition coefficient (Wildman–Crippen LogP) is 2.28. The zero-order chi connectivity index (χ0) is 11.3. The van der Waals surface area contributed by atoms with Crippen molar-refractivity contribution in [1.82, 2.24) is 4.98 Å². The van der Waals surface area contributed by atoms with Crippen LogP contribution in [0.2, 0.25) is 5.02 Å². The van der Waals surface area contributed by atoms with Crippen LogP contribution in [0.4, 0.5) is 5.82 Å². The van der Waals surface area contributed by atoms with E-state index in [-0.39, 0.29) is 5.41 Å². The summed E-state index contributed by atoms with van der Waals surface area (Å²) in [6, 6.07) is 2.03. The van der Waals surface area contributed by atoms with Gasteiger partial charge in [-0.25, -0.2) is 4.98 Å². The van der Waals surface area contributed by atoms with Crippen molar-refractivity contribution in [2.24, 2.45) is 11.7 Å². The number of allylic oxidation sites excluding steroid dienone is 1. The highest BCUT2D eigenvalue weighted by atomic mass is 35.5. The standard InChI is InChI=1S/C12H14ClN3/c1-7(14)8-3-12(4-8)6-16-11-10(12)2-9(13)5-15-11/h2,5,8H,1,3-4,6,14H2,(H,15,16). The van der Waals surface area contributed by atoms with Crippen LogP contribution in [0.5, 0.6) is 0 Å². The predicted molar refractivity (Wildman–Crippen MR) is 65.5 cm³/mol. The molecule has 1 aliphatic heterocycles. The Hall–Kier alpha value is -1.22. The minimum atomic E-state index is 0.195. The lowest BCUT2D eigenvalue weighted by Gasteiger charge is -2.45. The number of pyridine rings is 1. The zero-order valence-electron chi connectivity index (χ0n) is 8.96. The molecule has 2 aliphatic rings.